The summed E-state index contributed by atoms with van der Waals surface area (Å²) < 4.78 is 0. The van der Waals surface area contributed by atoms with Crippen LogP contribution in [-0.4, -0.2) is 24.4 Å². The Bertz CT molecular complexity index is 907. The molecule has 0 saturated heterocycles. The second-order valence-corrected chi connectivity index (χ2v) is 8.60. The monoisotopic (exact) mass is 407 g/mol. The highest BCUT2D eigenvalue weighted by Gasteiger charge is 2.22. The molecule has 30 heavy (non-hydrogen) atoms. The average molecular weight is 408 g/mol. The van der Waals surface area contributed by atoms with E-state index in [0.29, 0.717) is 17.7 Å². The average Bonchev–Trinajstić information content (AvgIpc) is 2.72. The van der Waals surface area contributed by atoms with Crippen molar-refractivity contribution in [1.82, 2.24) is 5.32 Å². The van der Waals surface area contributed by atoms with Crippen molar-refractivity contribution in [2.75, 3.05) is 16.8 Å². The van der Waals surface area contributed by atoms with Crippen LogP contribution in [0.1, 0.15) is 62.0 Å². The van der Waals surface area contributed by atoms with Gasteiger partial charge in [-0.1, -0.05) is 45.0 Å². The van der Waals surface area contributed by atoms with E-state index >= 15 is 0 Å². The number of anilines is 2. The van der Waals surface area contributed by atoms with E-state index in [1.54, 1.807) is 0 Å². The highest BCUT2D eigenvalue weighted by Crippen LogP contribution is 2.30. The molecule has 0 bridgehead atoms. The molecule has 5 nitrogen and oxygen atoms in total. The Balaban J connectivity index is 1.89. The molecule has 0 saturated carbocycles. The van der Waals surface area contributed by atoms with Crippen LogP contribution in [0.2, 0.25) is 0 Å². The van der Waals surface area contributed by atoms with Gasteiger partial charge in [-0.05, 0) is 55.0 Å². The first-order chi connectivity index (χ1) is 14.4. The van der Waals surface area contributed by atoms with Gasteiger partial charge >= 0.3 is 0 Å². The Morgan fingerprint density at radius 1 is 1.07 bits per heavy atom. The lowest BCUT2D eigenvalue weighted by Gasteiger charge is -2.32. The number of nitrogens with zero attached hydrogens (tertiary/aromatic N) is 1. The molecule has 3 rings (SSSR count). The number of carbonyl (C=O) groups is 2. The van der Waals surface area contributed by atoms with Crippen LogP contribution in [0, 0.1) is 5.92 Å². The van der Waals surface area contributed by atoms with E-state index in [1.807, 2.05) is 39.0 Å². The molecule has 0 unspecified atom stereocenters. The summed E-state index contributed by atoms with van der Waals surface area (Å²) in [4.78, 5) is 27.6. The fourth-order valence-corrected chi connectivity index (χ4v) is 3.76. The van der Waals surface area contributed by atoms with Gasteiger partial charge in [-0.2, -0.15) is 0 Å². The van der Waals surface area contributed by atoms with Gasteiger partial charge in [0, 0.05) is 36.9 Å². The van der Waals surface area contributed by atoms with Crippen molar-refractivity contribution in [2.24, 2.45) is 5.92 Å². The van der Waals surface area contributed by atoms with E-state index in [0.717, 1.165) is 31.6 Å². The highest BCUT2D eigenvalue weighted by molar-refractivity contribution is 6.02. The molecule has 2 aromatic rings. The second-order valence-electron chi connectivity index (χ2n) is 8.60. The maximum Gasteiger partial charge on any atom is 0.253 e. The van der Waals surface area contributed by atoms with Crippen LogP contribution >= 0.6 is 0 Å². The molecule has 2 N–H and O–H groups in total. The number of hydrogen-bond donors (Lipinski definition) is 2. The third-order valence-electron chi connectivity index (χ3n) is 5.58. The standard InChI is InChI=1S/C25H33N3O2/c1-5-18(4)26-25(30)22-15-21(27-24(29)14-17(2)3)10-11-23(22)28-13-12-19-8-6-7-9-20(19)16-28/h6-11,15,17-18H,5,12-14,16H2,1-4H3,(H,26,30)(H,27,29)/t18-/m1/s1. The van der Waals surface area contributed by atoms with Crippen molar-refractivity contribution >= 4 is 23.2 Å². The molecule has 0 fully saturated rings. The maximum atomic E-state index is 13.1. The topological polar surface area (TPSA) is 61.4 Å². The number of hydrogen-bond acceptors (Lipinski definition) is 3. The van der Waals surface area contributed by atoms with Crippen molar-refractivity contribution in [2.45, 2.75) is 59.5 Å². The Morgan fingerprint density at radius 2 is 1.80 bits per heavy atom. The van der Waals surface area contributed by atoms with Crippen LogP contribution in [0.3, 0.4) is 0 Å². The van der Waals surface area contributed by atoms with Crippen LogP contribution < -0.4 is 15.5 Å². The van der Waals surface area contributed by atoms with E-state index < -0.39 is 0 Å². The number of fused-ring (bicyclic) bond motifs is 1. The molecule has 160 valence electrons. The van der Waals surface area contributed by atoms with Crippen molar-refractivity contribution in [3.8, 4) is 0 Å². The van der Waals surface area contributed by atoms with Crippen molar-refractivity contribution < 1.29 is 9.59 Å². The van der Waals surface area contributed by atoms with Gasteiger partial charge in [-0.3, -0.25) is 9.59 Å². The smallest absolute Gasteiger partial charge is 0.253 e. The predicted octanol–water partition coefficient (Wildman–Crippen LogP) is 4.76. The molecule has 1 heterocycles. The molecule has 1 aliphatic rings. The van der Waals surface area contributed by atoms with Gasteiger partial charge in [0.05, 0.1) is 5.56 Å². The Morgan fingerprint density at radius 3 is 2.50 bits per heavy atom. The molecule has 0 spiro atoms. The SMILES string of the molecule is CC[C@@H](C)NC(=O)c1cc(NC(=O)CC(C)C)ccc1N1CCc2ccccc2C1. The molecule has 1 atom stereocenters. The number of carbonyl (C=O) groups excluding carboxylic acids is 2. The highest BCUT2D eigenvalue weighted by atomic mass is 16.2. The van der Waals surface area contributed by atoms with E-state index in [1.165, 1.54) is 11.1 Å². The van der Waals surface area contributed by atoms with Crippen LogP contribution in [0.15, 0.2) is 42.5 Å². The van der Waals surface area contributed by atoms with Crippen molar-refractivity contribution in [1.29, 1.82) is 0 Å². The zero-order valence-electron chi connectivity index (χ0n) is 18.5. The lowest BCUT2D eigenvalue weighted by Crippen LogP contribution is -2.35. The minimum Gasteiger partial charge on any atom is -0.366 e. The minimum atomic E-state index is -0.0989. The summed E-state index contributed by atoms with van der Waals surface area (Å²) in [5.41, 5.74) is 4.85. The lowest BCUT2D eigenvalue weighted by atomic mass is 9.98. The number of benzene rings is 2. The van der Waals surface area contributed by atoms with E-state index in [-0.39, 0.29) is 23.8 Å². The summed E-state index contributed by atoms with van der Waals surface area (Å²) in [5.74, 6) is 0.155. The summed E-state index contributed by atoms with van der Waals surface area (Å²) in [5, 5.41) is 6.02. The van der Waals surface area contributed by atoms with Gasteiger partial charge in [-0.25, -0.2) is 0 Å². The first-order valence-corrected chi connectivity index (χ1v) is 10.9. The summed E-state index contributed by atoms with van der Waals surface area (Å²) in [6.45, 7) is 9.72. The van der Waals surface area contributed by atoms with Gasteiger partial charge in [0.2, 0.25) is 5.91 Å². The predicted molar refractivity (Wildman–Crippen MR) is 123 cm³/mol. The largest absolute Gasteiger partial charge is 0.366 e. The van der Waals surface area contributed by atoms with Crippen LogP contribution in [0.4, 0.5) is 11.4 Å². The number of nitrogens with one attached hydrogen (secondary N) is 2. The molecule has 1 aliphatic heterocycles. The summed E-state index contributed by atoms with van der Waals surface area (Å²) >= 11 is 0. The molecule has 0 aliphatic carbocycles. The van der Waals surface area contributed by atoms with Gasteiger partial charge in [-0.15, -0.1) is 0 Å². The molecular weight excluding hydrogens is 374 g/mol. The van der Waals surface area contributed by atoms with Gasteiger partial charge in [0.25, 0.3) is 5.91 Å². The van der Waals surface area contributed by atoms with E-state index in [2.05, 4.69) is 46.7 Å². The molecular formula is C25H33N3O2. The van der Waals surface area contributed by atoms with Crippen molar-refractivity contribution in [3.63, 3.8) is 0 Å². The first kappa shape index (κ1) is 21.9. The third kappa shape index (κ3) is 5.41. The van der Waals surface area contributed by atoms with Crippen LogP contribution in [0.5, 0.6) is 0 Å². The number of amides is 2. The Kier molecular flexibility index (Phi) is 7.14. The van der Waals surface area contributed by atoms with E-state index in [4.69, 9.17) is 0 Å². The fraction of sp³-hybridized carbons (Fsp3) is 0.440. The fourth-order valence-electron chi connectivity index (χ4n) is 3.76. The van der Waals surface area contributed by atoms with Gasteiger partial charge < -0.3 is 15.5 Å². The normalized spacial score (nSPS) is 14.2. The molecule has 2 amide bonds. The molecule has 2 aromatic carbocycles. The van der Waals surface area contributed by atoms with Crippen molar-refractivity contribution in [3.05, 3.63) is 59.2 Å². The zero-order valence-corrected chi connectivity index (χ0v) is 18.5. The summed E-state index contributed by atoms with van der Waals surface area (Å²) in [6, 6.07) is 14.2. The second kappa shape index (κ2) is 9.79. The van der Waals surface area contributed by atoms with Crippen LogP contribution in [-0.2, 0) is 17.8 Å². The summed E-state index contributed by atoms with van der Waals surface area (Å²) in [6.07, 6.45) is 2.28. The summed E-state index contributed by atoms with van der Waals surface area (Å²) in [7, 11) is 0. The van der Waals surface area contributed by atoms with Gasteiger partial charge in [0.15, 0.2) is 0 Å². The zero-order chi connectivity index (χ0) is 21.7. The maximum absolute atomic E-state index is 13.1. The quantitative estimate of drug-likeness (QED) is 0.695. The number of rotatable bonds is 7. The minimum absolute atomic E-state index is 0.0297. The molecule has 0 aromatic heterocycles. The molecule has 5 heteroatoms. The Labute approximate surface area is 179 Å². The Hall–Kier alpha value is -2.82. The third-order valence-corrected chi connectivity index (χ3v) is 5.58. The lowest BCUT2D eigenvalue weighted by molar-refractivity contribution is -0.116. The van der Waals surface area contributed by atoms with E-state index in [9.17, 15) is 9.59 Å². The first-order valence-electron chi connectivity index (χ1n) is 10.9. The van der Waals surface area contributed by atoms with Crippen LogP contribution in [0.25, 0.3) is 0 Å². The molecule has 0 radical (unpaired) electrons. The van der Waals surface area contributed by atoms with Gasteiger partial charge in [0.1, 0.15) is 0 Å².